The van der Waals surface area contributed by atoms with Crippen molar-refractivity contribution in [1.29, 1.82) is 0 Å². The number of fused-ring (bicyclic) bond motifs is 1. The number of aromatic nitrogens is 4. The summed E-state index contributed by atoms with van der Waals surface area (Å²) in [6, 6.07) is 11.2. The molecule has 0 saturated heterocycles. The van der Waals surface area contributed by atoms with Crippen molar-refractivity contribution in [1.82, 2.24) is 25.4 Å². The first kappa shape index (κ1) is 18.4. The quantitative estimate of drug-likeness (QED) is 0.436. The van der Waals surface area contributed by atoms with Crippen LogP contribution in [-0.2, 0) is 6.42 Å². The van der Waals surface area contributed by atoms with Crippen LogP contribution in [0.25, 0.3) is 10.9 Å². The molecule has 1 aliphatic carbocycles. The van der Waals surface area contributed by atoms with Crippen molar-refractivity contribution in [3.8, 4) is 0 Å². The van der Waals surface area contributed by atoms with Crippen molar-refractivity contribution in [2.24, 2.45) is 0 Å². The fraction of sp³-hybridized carbons (Fsp3) is 0.273. The van der Waals surface area contributed by atoms with Crippen LogP contribution >= 0.6 is 0 Å². The molecule has 152 valence electrons. The average Bonchev–Trinajstić information content (AvgIpc) is 3.33. The zero-order chi connectivity index (χ0) is 20.5. The number of para-hydroxylation sites is 1. The second kappa shape index (κ2) is 7.62. The van der Waals surface area contributed by atoms with Gasteiger partial charge in [-0.3, -0.25) is 4.79 Å². The third-order valence-corrected chi connectivity index (χ3v) is 5.38. The summed E-state index contributed by atoms with van der Waals surface area (Å²) < 4.78 is 5.04. The lowest BCUT2D eigenvalue weighted by Gasteiger charge is -2.19. The summed E-state index contributed by atoms with van der Waals surface area (Å²) in [5.74, 6) is 1.82. The molecule has 30 heavy (non-hydrogen) atoms. The Balaban J connectivity index is 1.52. The molecule has 1 fully saturated rings. The number of nitrogens with zero attached hydrogens (tertiary/aromatic N) is 3. The van der Waals surface area contributed by atoms with Crippen LogP contribution < -0.4 is 10.6 Å². The Labute approximate surface area is 173 Å². The molecule has 3 N–H and O–H groups in total. The van der Waals surface area contributed by atoms with Crippen LogP contribution in [0.1, 0.15) is 52.4 Å². The third-order valence-electron chi connectivity index (χ3n) is 5.38. The summed E-state index contributed by atoms with van der Waals surface area (Å²) in [6.45, 7) is 0. The molecule has 3 heterocycles. The minimum absolute atomic E-state index is 0.171. The number of benzene rings is 1. The molecule has 8 heteroatoms. The number of carbonyl (C=O) groups is 1. The van der Waals surface area contributed by atoms with E-state index in [0.717, 1.165) is 46.6 Å². The molecule has 0 bridgehead atoms. The van der Waals surface area contributed by atoms with E-state index in [0.29, 0.717) is 12.3 Å². The van der Waals surface area contributed by atoms with Crippen LogP contribution in [0.3, 0.4) is 0 Å². The second-order valence-electron chi connectivity index (χ2n) is 7.53. The van der Waals surface area contributed by atoms with Gasteiger partial charge < -0.3 is 20.1 Å². The molecule has 8 nitrogen and oxygen atoms in total. The normalized spacial score (nSPS) is 14.6. The Kier molecular flexibility index (Phi) is 4.66. The predicted molar refractivity (Wildman–Crippen MR) is 112 cm³/mol. The number of hydrogen-bond acceptors (Lipinski definition) is 6. The van der Waals surface area contributed by atoms with Crippen LogP contribution in [-0.4, -0.2) is 33.1 Å². The highest BCUT2D eigenvalue weighted by Crippen LogP contribution is 2.39. The maximum Gasteiger partial charge on any atom is 0.290 e. The van der Waals surface area contributed by atoms with Crippen molar-refractivity contribution in [2.75, 3.05) is 12.4 Å². The summed E-state index contributed by atoms with van der Waals surface area (Å²) in [5, 5.41) is 11.0. The van der Waals surface area contributed by atoms with Crippen molar-refractivity contribution in [3.05, 3.63) is 71.6 Å². The number of H-pyrrole nitrogens is 1. The topological polar surface area (TPSA) is 109 Å². The van der Waals surface area contributed by atoms with Crippen LogP contribution in [0.5, 0.6) is 0 Å². The number of amides is 1. The highest BCUT2D eigenvalue weighted by Gasteiger charge is 2.29. The smallest absolute Gasteiger partial charge is 0.290 e. The van der Waals surface area contributed by atoms with E-state index in [-0.39, 0.29) is 17.7 Å². The van der Waals surface area contributed by atoms with E-state index < -0.39 is 0 Å². The highest BCUT2D eigenvalue weighted by molar-refractivity contribution is 5.91. The maximum absolute atomic E-state index is 12.8. The Morgan fingerprint density at radius 1 is 1.27 bits per heavy atom. The number of rotatable bonds is 7. The van der Waals surface area contributed by atoms with E-state index in [1.807, 2.05) is 37.5 Å². The lowest BCUT2D eigenvalue weighted by atomic mass is 10.0. The Morgan fingerprint density at radius 2 is 2.13 bits per heavy atom. The maximum atomic E-state index is 12.8. The Bertz CT molecular complexity index is 1180. The van der Waals surface area contributed by atoms with E-state index >= 15 is 0 Å². The van der Waals surface area contributed by atoms with Gasteiger partial charge in [0.1, 0.15) is 11.6 Å². The minimum atomic E-state index is -0.352. The van der Waals surface area contributed by atoms with Gasteiger partial charge in [0.15, 0.2) is 0 Å². The molecule has 1 aliphatic rings. The lowest BCUT2D eigenvalue weighted by Crippen LogP contribution is -2.30. The first-order valence-electron chi connectivity index (χ1n) is 10.0. The number of anilines is 1. The monoisotopic (exact) mass is 402 g/mol. The van der Waals surface area contributed by atoms with Gasteiger partial charge in [-0.2, -0.15) is 0 Å². The molecule has 5 rings (SSSR count). The fourth-order valence-electron chi connectivity index (χ4n) is 3.63. The van der Waals surface area contributed by atoms with Gasteiger partial charge in [0.05, 0.1) is 17.9 Å². The summed E-state index contributed by atoms with van der Waals surface area (Å²) in [4.78, 5) is 25.5. The van der Waals surface area contributed by atoms with Gasteiger partial charge in [-0.05, 0) is 24.5 Å². The van der Waals surface area contributed by atoms with Gasteiger partial charge in [-0.15, -0.1) is 0 Å². The van der Waals surface area contributed by atoms with E-state index in [4.69, 9.17) is 9.51 Å². The molecular formula is C22H22N6O2. The third kappa shape index (κ3) is 3.63. The summed E-state index contributed by atoms with van der Waals surface area (Å²) in [6.07, 6.45) is 6.22. The fourth-order valence-corrected chi connectivity index (χ4v) is 3.63. The molecule has 1 atom stereocenters. The summed E-state index contributed by atoms with van der Waals surface area (Å²) >= 11 is 0. The summed E-state index contributed by atoms with van der Waals surface area (Å²) in [5.41, 5.74) is 2.94. The second-order valence-corrected chi connectivity index (χ2v) is 7.53. The van der Waals surface area contributed by atoms with Crippen LogP contribution in [0.2, 0.25) is 0 Å². The van der Waals surface area contributed by atoms with E-state index in [1.165, 1.54) is 6.20 Å². The molecule has 1 amide bonds. The standard InChI is InChI=1S/C22H22N6O2/c1-23-20-11-18(26-21(28-20)13-6-7-13)17(27-22(29)19-8-9-25-30-19)10-14-12-24-16-5-3-2-4-15(14)16/h2-5,8-9,11-13,17,24H,6-7,10H2,1H3,(H,27,29)(H,23,26,28). The van der Waals surface area contributed by atoms with Crippen molar-refractivity contribution >= 4 is 22.6 Å². The minimum Gasteiger partial charge on any atom is -0.373 e. The molecule has 0 spiro atoms. The SMILES string of the molecule is CNc1cc(C(Cc2c[nH]c3ccccc23)NC(=O)c2ccno2)nc(C2CC2)n1. The molecule has 1 unspecified atom stereocenters. The molecule has 3 aromatic heterocycles. The Hall–Kier alpha value is -3.68. The first-order valence-corrected chi connectivity index (χ1v) is 10.0. The number of hydrogen-bond donors (Lipinski definition) is 3. The molecule has 0 radical (unpaired) electrons. The molecule has 0 aliphatic heterocycles. The van der Waals surface area contributed by atoms with Gasteiger partial charge in [-0.1, -0.05) is 23.4 Å². The van der Waals surface area contributed by atoms with Crippen molar-refractivity contribution < 1.29 is 9.32 Å². The van der Waals surface area contributed by atoms with E-state index in [9.17, 15) is 4.79 Å². The van der Waals surface area contributed by atoms with Crippen LogP contribution in [0.15, 0.2) is 53.3 Å². The highest BCUT2D eigenvalue weighted by atomic mass is 16.5. The van der Waals surface area contributed by atoms with Crippen molar-refractivity contribution in [2.45, 2.75) is 31.2 Å². The zero-order valence-electron chi connectivity index (χ0n) is 16.6. The summed E-state index contributed by atoms with van der Waals surface area (Å²) in [7, 11) is 1.84. The van der Waals surface area contributed by atoms with Crippen molar-refractivity contribution in [3.63, 3.8) is 0 Å². The lowest BCUT2D eigenvalue weighted by molar-refractivity contribution is 0.0898. The number of carbonyl (C=O) groups excluding carboxylic acids is 1. The van der Waals surface area contributed by atoms with E-state index in [1.54, 1.807) is 6.07 Å². The van der Waals surface area contributed by atoms with Gasteiger partial charge in [-0.25, -0.2) is 9.97 Å². The van der Waals surface area contributed by atoms with Gasteiger partial charge >= 0.3 is 0 Å². The molecule has 1 saturated carbocycles. The molecule has 1 aromatic carbocycles. The molecular weight excluding hydrogens is 380 g/mol. The number of nitrogens with one attached hydrogen (secondary N) is 3. The molecule has 4 aromatic rings. The first-order chi connectivity index (χ1) is 14.7. The van der Waals surface area contributed by atoms with Gasteiger partial charge in [0, 0.05) is 48.6 Å². The largest absolute Gasteiger partial charge is 0.373 e. The number of aromatic amines is 1. The predicted octanol–water partition coefficient (Wildman–Crippen LogP) is 3.58. The van der Waals surface area contributed by atoms with Gasteiger partial charge in [0.25, 0.3) is 5.91 Å². The van der Waals surface area contributed by atoms with Crippen LogP contribution in [0.4, 0.5) is 5.82 Å². The average molecular weight is 402 g/mol. The Morgan fingerprint density at radius 3 is 2.90 bits per heavy atom. The zero-order valence-corrected chi connectivity index (χ0v) is 16.6. The van der Waals surface area contributed by atoms with Gasteiger partial charge in [0.2, 0.25) is 5.76 Å². The van der Waals surface area contributed by atoms with Crippen LogP contribution in [0, 0.1) is 0 Å². The van der Waals surface area contributed by atoms with E-state index in [2.05, 4.69) is 31.8 Å².